The minimum absolute atomic E-state index is 0.0708. The summed E-state index contributed by atoms with van der Waals surface area (Å²) in [5.74, 6) is -1.33. The van der Waals surface area contributed by atoms with Gasteiger partial charge in [-0.3, -0.25) is 4.79 Å². The van der Waals surface area contributed by atoms with Crippen molar-refractivity contribution in [2.75, 3.05) is 0 Å². The second-order valence-corrected chi connectivity index (χ2v) is 5.27. The predicted octanol–water partition coefficient (Wildman–Crippen LogP) is 3.83. The van der Waals surface area contributed by atoms with E-state index in [1.54, 1.807) is 41.8 Å². The number of ketones is 1. The van der Waals surface area contributed by atoms with Crippen LogP contribution in [0.2, 0.25) is 0 Å². The lowest BCUT2D eigenvalue weighted by Crippen LogP contribution is -2.09. The van der Waals surface area contributed by atoms with E-state index in [0.29, 0.717) is 10.3 Å². The summed E-state index contributed by atoms with van der Waals surface area (Å²) in [6, 6.07) is 14.0. The molecular weight excluding hydrogens is 272 g/mol. The highest BCUT2D eigenvalue weighted by atomic mass is 32.1. The van der Waals surface area contributed by atoms with E-state index in [1.807, 2.05) is 12.1 Å². The van der Waals surface area contributed by atoms with Crippen LogP contribution >= 0.6 is 11.3 Å². The highest BCUT2D eigenvalue weighted by Gasteiger charge is 2.21. The first-order valence-corrected chi connectivity index (χ1v) is 6.89. The number of aromatic carboxylic acids is 1. The molecule has 3 aromatic rings. The lowest BCUT2D eigenvalue weighted by Gasteiger charge is -2.08. The Morgan fingerprint density at radius 3 is 2.45 bits per heavy atom. The standard InChI is InChI=1S/C16H10O3S/c17-15(13-6-3-9-20-13)12-8-7-10-4-1-2-5-11(10)14(12)16(18)19/h1-9H,(H,18,19). The molecule has 0 aliphatic rings. The van der Waals surface area contributed by atoms with Gasteiger partial charge in [0, 0.05) is 5.56 Å². The maximum absolute atomic E-state index is 12.4. The zero-order valence-corrected chi connectivity index (χ0v) is 11.2. The van der Waals surface area contributed by atoms with Crippen molar-refractivity contribution in [3.8, 4) is 0 Å². The fourth-order valence-electron chi connectivity index (χ4n) is 2.23. The molecule has 98 valence electrons. The molecule has 1 N–H and O–H groups in total. The number of hydrogen-bond donors (Lipinski definition) is 1. The number of carbonyl (C=O) groups is 2. The van der Waals surface area contributed by atoms with Crippen LogP contribution in [0.4, 0.5) is 0 Å². The van der Waals surface area contributed by atoms with Crippen LogP contribution in [0, 0.1) is 0 Å². The summed E-state index contributed by atoms with van der Waals surface area (Å²) in [6.07, 6.45) is 0. The van der Waals surface area contributed by atoms with Crippen molar-refractivity contribution in [3.05, 3.63) is 69.9 Å². The van der Waals surface area contributed by atoms with Crippen molar-refractivity contribution in [1.82, 2.24) is 0 Å². The van der Waals surface area contributed by atoms with Crippen molar-refractivity contribution in [1.29, 1.82) is 0 Å². The van der Waals surface area contributed by atoms with Crippen molar-refractivity contribution in [3.63, 3.8) is 0 Å². The summed E-state index contributed by atoms with van der Waals surface area (Å²) in [5, 5.41) is 12.7. The fourth-order valence-corrected chi connectivity index (χ4v) is 2.91. The number of fused-ring (bicyclic) bond motifs is 1. The Morgan fingerprint density at radius 2 is 1.75 bits per heavy atom. The fraction of sp³-hybridized carbons (Fsp3) is 0. The normalized spacial score (nSPS) is 10.6. The van der Waals surface area contributed by atoms with E-state index in [0.717, 1.165) is 5.39 Å². The molecule has 0 radical (unpaired) electrons. The molecule has 0 bridgehead atoms. The molecule has 0 aliphatic carbocycles. The van der Waals surface area contributed by atoms with E-state index in [4.69, 9.17) is 0 Å². The molecule has 1 aromatic heterocycles. The van der Waals surface area contributed by atoms with Crippen LogP contribution in [0.3, 0.4) is 0 Å². The van der Waals surface area contributed by atoms with Crippen LogP contribution in [0.1, 0.15) is 25.6 Å². The monoisotopic (exact) mass is 282 g/mol. The Morgan fingerprint density at radius 1 is 0.950 bits per heavy atom. The Kier molecular flexibility index (Phi) is 3.08. The minimum atomic E-state index is -1.08. The van der Waals surface area contributed by atoms with Crippen molar-refractivity contribution in [2.24, 2.45) is 0 Å². The summed E-state index contributed by atoms with van der Waals surface area (Å²) >= 11 is 1.31. The van der Waals surface area contributed by atoms with Gasteiger partial charge in [0.1, 0.15) is 0 Å². The molecule has 1 heterocycles. The van der Waals surface area contributed by atoms with Crippen LogP contribution in [-0.2, 0) is 0 Å². The van der Waals surface area contributed by atoms with Crippen LogP contribution in [0.25, 0.3) is 10.8 Å². The Hall–Kier alpha value is -2.46. The first-order valence-electron chi connectivity index (χ1n) is 6.02. The third-order valence-electron chi connectivity index (χ3n) is 3.13. The van der Waals surface area contributed by atoms with E-state index in [9.17, 15) is 14.7 Å². The van der Waals surface area contributed by atoms with Crippen molar-refractivity contribution >= 4 is 33.9 Å². The lowest BCUT2D eigenvalue weighted by molar-refractivity contribution is 0.0695. The van der Waals surface area contributed by atoms with Gasteiger partial charge in [-0.1, -0.05) is 36.4 Å². The SMILES string of the molecule is O=C(c1cccs1)c1ccc2ccccc2c1C(=O)O. The molecule has 0 unspecified atom stereocenters. The van der Waals surface area contributed by atoms with Gasteiger partial charge in [0.05, 0.1) is 10.4 Å². The summed E-state index contributed by atoms with van der Waals surface area (Å²) in [7, 11) is 0. The number of thiophene rings is 1. The predicted molar refractivity (Wildman–Crippen MR) is 78.7 cm³/mol. The first-order chi connectivity index (χ1) is 9.68. The molecule has 0 saturated heterocycles. The third kappa shape index (κ3) is 2.00. The van der Waals surface area contributed by atoms with E-state index < -0.39 is 5.97 Å². The zero-order chi connectivity index (χ0) is 14.1. The van der Waals surface area contributed by atoms with Crippen LogP contribution < -0.4 is 0 Å². The number of rotatable bonds is 3. The van der Waals surface area contributed by atoms with E-state index in [-0.39, 0.29) is 16.9 Å². The number of hydrogen-bond acceptors (Lipinski definition) is 3. The molecule has 0 spiro atoms. The molecule has 0 saturated carbocycles. The summed E-state index contributed by atoms with van der Waals surface area (Å²) in [5.41, 5.74) is 0.306. The second kappa shape index (κ2) is 4.90. The molecular formula is C16H10O3S. The molecule has 4 heteroatoms. The first kappa shape index (κ1) is 12.6. The maximum Gasteiger partial charge on any atom is 0.337 e. The third-order valence-corrected chi connectivity index (χ3v) is 4.00. The molecule has 0 atom stereocenters. The highest BCUT2D eigenvalue weighted by Crippen LogP contribution is 2.25. The lowest BCUT2D eigenvalue weighted by atomic mass is 9.96. The van der Waals surface area contributed by atoms with Gasteiger partial charge in [-0.25, -0.2) is 4.79 Å². The average molecular weight is 282 g/mol. The van der Waals surface area contributed by atoms with Crippen molar-refractivity contribution in [2.45, 2.75) is 0 Å². The van der Waals surface area contributed by atoms with Gasteiger partial charge in [0.15, 0.2) is 0 Å². The molecule has 0 aliphatic heterocycles. The van der Waals surface area contributed by atoms with Gasteiger partial charge < -0.3 is 5.11 Å². The molecule has 0 fully saturated rings. The van der Waals surface area contributed by atoms with Gasteiger partial charge in [0.25, 0.3) is 0 Å². The molecule has 2 aromatic carbocycles. The summed E-state index contributed by atoms with van der Waals surface area (Å²) in [4.78, 5) is 24.5. The Labute approximate surface area is 119 Å². The zero-order valence-electron chi connectivity index (χ0n) is 10.4. The van der Waals surface area contributed by atoms with Gasteiger partial charge >= 0.3 is 5.97 Å². The number of carboxylic acids is 1. The average Bonchev–Trinajstić information content (AvgIpc) is 2.99. The summed E-state index contributed by atoms with van der Waals surface area (Å²) < 4.78 is 0. The van der Waals surface area contributed by atoms with Gasteiger partial charge in [-0.2, -0.15) is 0 Å². The quantitative estimate of drug-likeness (QED) is 0.743. The van der Waals surface area contributed by atoms with Crippen LogP contribution in [0.15, 0.2) is 53.9 Å². The molecule has 0 amide bonds. The number of carboxylic acid groups (broad SMARTS) is 1. The molecule has 20 heavy (non-hydrogen) atoms. The topological polar surface area (TPSA) is 54.4 Å². The van der Waals surface area contributed by atoms with Crippen LogP contribution in [0.5, 0.6) is 0 Å². The Balaban J connectivity index is 2.28. The maximum atomic E-state index is 12.4. The second-order valence-electron chi connectivity index (χ2n) is 4.32. The van der Waals surface area contributed by atoms with E-state index in [1.165, 1.54) is 11.3 Å². The Bertz CT molecular complexity index is 804. The largest absolute Gasteiger partial charge is 0.478 e. The number of benzene rings is 2. The van der Waals surface area contributed by atoms with Crippen molar-refractivity contribution < 1.29 is 14.7 Å². The van der Waals surface area contributed by atoms with Crippen LogP contribution in [-0.4, -0.2) is 16.9 Å². The highest BCUT2D eigenvalue weighted by molar-refractivity contribution is 7.12. The van der Waals surface area contributed by atoms with Gasteiger partial charge in [0.2, 0.25) is 5.78 Å². The van der Waals surface area contributed by atoms with E-state index >= 15 is 0 Å². The molecule has 3 rings (SSSR count). The van der Waals surface area contributed by atoms with Gasteiger partial charge in [-0.15, -0.1) is 11.3 Å². The number of carbonyl (C=O) groups excluding carboxylic acids is 1. The summed E-state index contributed by atoms with van der Waals surface area (Å²) in [6.45, 7) is 0. The van der Waals surface area contributed by atoms with Gasteiger partial charge in [-0.05, 0) is 28.3 Å². The molecule has 3 nitrogen and oxygen atoms in total. The smallest absolute Gasteiger partial charge is 0.337 e. The van der Waals surface area contributed by atoms with E-state index in [2.05, 4.69) is 0 Å². The minimum Gasteiger partial charge on any atom is -0.478 e.